The first-order valence-corrected chi connectivity index (χ1v) is 8.57. The Morgan fingerprint density at radius 3 is 2.54 bits per heavy atom. The second kappa shape index (κ2) is 6.57. The van der Waals surface area contributed by atoms with E-state index in [2.05, 4.69) is 41.3 Å². The van der Waals surface area contributed by atoms with Crippen LogP contribution in [0.25, 0.3) is 11.0 Å². The number of amides is 1. The van der Waals surface area contributed by atoms with Gasteiger partial charge < -0.3 is 15.3 Å². The highest BCUT2D eigenvalue weighted by Crippen LogP contribution is 2.26. The number of carbonyl (C=O) groups excluding carboxylic acids is 1. The number of nitrogens with one attached hydrogen (secondary N) is 3. The van der Waals surface area contributed by atoms with Gasteiger partial charge in [0, 0.05) is 10.6 Å². The normalized spacial score (nSPS) is 12.3. The number of thioether (sulfide) groups is 1. The van der Waals surface area contributed by atoms with Crippen molar-refractivity contribution in [2.75, 3.05) is 5.32 Å². The highest BCUT2D eigenvalue weighted by molar-refractivity contribution is 8.00. The summed E-state index contributed by atoms with van der Waals surface area (Å²) in [6.45, 7) is 6.02. The van der Waals surface area contributed by atoms with Crippen LogP contribution >= 0.6 is 11.8 Å². The van der Waals surface area contributed by atoms with Gasteiger partial charge in [-0.3, -0.25) is 4.79 Å². The smallest absolute Gasteiger partial charge is 0.323 e. The molecule has 1 atom stereocenters. The maximum absolute atomic E-state index is 12.4. The summed E-state index contributed by atoms with van der Waals surface area (Å²) < 4.78 is 0. The van der Waals surface area contributed by atoms with Crippen LogP contribution in [0.4, 0.5) is 5.69 Å². The van der Waals surface area contributed by atoms with Crippen LogP contribution in [0.15, 0.2) is 46.1 Å². The zero-order chi connectivity index (χ0) is 17.3. The van der Waals surface area contributed by atoms with Crippen LogP contribution in [0, 0.1) is 13.8 Å². The molecule has 0 saturated carbocycles. The van der Waals surface area contributed by atoms with E-state index in [-0.39, 0.29) is 16.8 Å². The van der Waals surface area contributed by atoms with E-state index < -0.39 is 0 Å². The van der Waals surface area contributed by atoms with Crippen LogP contribution in [-0.2, 0) is 4.79 Å². The third kappa shape index (κ3) is 3.54. The first-order valence-electron chi connectivity index (χ1n) is 7.69. The monoisotopic (exact) mass is 341 g/mol. The molecule has 24 heavy (non-hydrogen) atoms. The Labute approximate surface area is 143 Å². The van der Waals surface area contributed by atoms with Crippen LogP contribution < -0.4 is 11.0 Å². The number of benzene rings is 2. The molecule has 5 nitrogen and oxygen atoms in total. The SMILES string of the molecule is Cc1ccc(S[C@@H](C)C(=O)Nc2ccc3[nH]c(=O)[nH]c3c2)cc1C. The maximum Gasteiger partial charge on any atom is 0.323 e. The third-order valence-corrected chi connectivity index (χ3v) is 5.04. The Kier molecular flexibility index (Phi) is 4.49. The lowest BCUT2D eigenvalue weighted by Crippen LogP contribution is -2.22. The average molecular weight is 341 g/mol. The number of carbonyl (C=O) groups is 1. The predicted molar refractivity (Wildman–Crippen MR) is 98.8 cm³/mol. The standard InChI is InChI=1S/C18H19N3O2S/c1-10-4-6-14(8-11(10)2)24-12(3)17(22)19-13-5-7-15-16(9-13)21-18(23)20-15/h4-9,12H,1-3H3,(H,19,22)(H2,20,21,23)/t12-/m0/s1. The molecular formula is C18H19N3O2S. The zero-order valence-corrected chi connectivity index (χ0v) is 14.6. The second-order valence-electron chi connectivity index (χ2n) is 5.83. The number of aryl methyl sites for hydroxylation is 2. The molecule has 0 radical (unpaired) electrons. The van der Waals surface area contributed by atoms with E-state index in [1.807, 2.05) is 13.0 Å². The van der Waals surface area contributed by atoms with Gasteiger partial charge in [-0.25, -0.2) is 4.79 Å². The highest BCUT2D eigenvalue weighted by atomic mass is 32.2. The van der Waals surface area contributed by atoms with Crippen molar-refractivity contribution in [3.8, 4) is 0 Å². The van der Waals surface area contributed by atoms with E-state index >= 15 is 0 Å². The molecule has 6 heteroatoms. The van der Waals surface area contributed by atoms with Gasteiger partial charge in [0.1, 0.15) is 0 Å². The summed E-state index contributed by atoms with van der Waals surface area (Å²) in [7, 11) is 0. The van der Waals surface area contributed by atoms with Crippen LogP contribution in [0.5, 0.6) is 0 Å². The van der Waals surface area contributed by atoms with E-state index in [0.717, 1.165) is 10.4 Å². The van der Waals surface area contributed by atoms with Gasteiger partial charge in [0.05, 0.1) is 16.3 Å². The van der Waals surface area contributed by atoms with Gasteiger partial charge in [0.2, 0.25) is 5.91 Å². The molecule has 0 fully saturated rings. The van der Waals surface area contributed by atoms with Crippen LogP contribution in [0.1, 0.15) is 18.1 Å². The lowest BCUT2D eigenvalue weighted by atomic mass is 10.1. The number of aromatic amines is 2. The van der Waals surface area contributed by atoms with E-state index in [1.54, 1.807) is 18.2 Å². The molecule has 0 aliphatic rings. The molecule has 3 N–H and O–H groups in total. The molecule has 3 aromatic rings. The molecule has 3 rings (SSSR count). The van der Waals surface area contributed by atoms with Crippen molar-refractivity contribution in [1.29, 1.82) is 0 Å². The van der Waals surface area contributed by atoms with Gasteiger partial charge >= 0.3 is 5.69 Å². The van der Waals surface area contributed by atoms with Gasteiger partial charge in [0.25, 0.3) is 0 Å². The Balaban J connectivity index is 1.70. The molecule has 1 amide bonds. The molecule has 0 spiro atoms. The van der Waals surface area contributed by atoms with Gasteiger partial charge in [-0.2, -0.15) is 0 Å². The zero-order valence-electron chi connectivity index (χ0n) is 13.8. The van der Waals surface area contributed by atoms with Crippen molar-refractivity contribution >= 4 is 34.4 Å². The van der Waals surface area contributed by atoms with Crippen molar-refractivity contribution in [3.63, 3.8) is 0 Å². The van der Waals surface area contributed by atoms with Crippen LogP contribution in [0.3, 0.4) is 0 Å². The van der Waals surface area contributed by atoms with Crippen molar-refractivity contribution < 1.29 is 4.79 Å². The van der Waals surface area contributed by atoms with Gasteiger partial charge in [0.15, 0.2) is 0 Å². The van der Waals surface area contributed by atoms with Gasteiger partial charge in [-0.1, -0.05) is 6.07 Å². The first kappa shape index (κ1) is 16.4. The number of fused-ring (bicyclic) bond motifs is 1. The number of anilines is 1. The minimum Gasteiger partial charge on any atom is -0.325 e. The van der Waals surface area contributed by atoms with Crippen LogP contribution in [0.2, 0.25) is 0 Å². The number of rotatable bonds is 4. The molecule has 2 aromatic carbocycles. The fourth-order valence-electron chi connectivity index (χ4n) is 2.40. The summed E-state index contributed by atoms with van der Waals surface area (Å²) in [6, 6.07) is 11.5. The number of hydrogen-bond donors (Lipinski definition) is 3. The van der Waals surface area contributed by atoms with E-state index in [9.17, 15) is 9.59 Å². The first-order chi connectivity index (χ1) is 11.4. The fourth-order valence-corrected chi connectivity index (χ4v) is 3.36. The average Bonchev–Trinajstić information content (AvgIpc) is 2.90. The highest BCUT2D eigenvalue weighted by Gasteiger charge is 2.15. The Bertz CT molecular complexity index is 958. The number of aromatic nitrogens is 2. The molecule has 124 valence electrons. The van der Waals surface area contributed by atoms with E-state index in [0.29, 0.717) is 11.2 Å². The maximum atomic E-state index is 12.4. The fraction of sp³-hybridized carbons (Fsp3) is 0.222. The van der Waals surface area contributed by atoms with Gasteiger partial charge in [-0.15, -0.1) is 11.8 Å². The van der Waals surface area contributed by atoms with E-state index in [1.165, 1.54) is 22.9 Å². The molecule has 1 aromatic heterocycles. The van der Waals surface area contributed by atoms with Crippen molar-refractivity contribution in [3.05, 3.63) is 58.0 Å². The molecule has 0 bridgehead atoms. The van der Waals surface area contributed by atoms with Crippen molar-refractivity contribution in [2.45, 2.75) is 30.9 Å². The Hall–Kier alpha value is -2.47. The quantitative estimate of drug-likeness (QED) is 0.635. The predicted octanol–water partition coefficient (Wildman–Crippen LogP) is 3.59. The molecule has 0 saturated heterocycles. The third-order valence-electron chi connectivity index (χ3n) is 3.94. The number of imidazole rings is 1. The largest absolute Gasteiger partial charge is 0.325 e. The Morgan fingerprint density at radius 2 is 1.79 bits per heavy atom. The number of H-pyrrole nitrogens is 2. The van der Waals surface area contributed by atoms with E-state index in [4.69, 9.17) is 0 Å². The lowest BCUT2D eigenvalue weighted by molar-refractivity contribution is -0.115. The number of hydrogen-bond acceptors (Lipinski definition) is 3. The molecule has 0 aliphatic carbocycles. The molecule has 0 aliphatic heterocycles. The van der Waals surface area contributed by atoms with Crippen molar-refractivity contribution in [2.24, 2.45) is 0 Å². The molecule has 0 unspecified atom stereocenters. The Morgan fingerprint density at radius 1 is 1.04 bits per heavy atom. The lowest BCUT2D eigenvalue weighted by Gasteiger charge is -2.13. The summed E-state index contributed by atoms with van der Waals surface area (Å²) in [6.07, 6.45) is 0. The summed E-state index contributed by atoms with van der Waals surface area (Å²) in [5, 5.41) is 2.66. The van der Waals surface area contributed by atoms with Gasteiger partial charge in [-0.05, 0) is 62.2 Å². The van der Waals surface area contributed by atoms with Crippen LogP contribution in [-0.4, -0.2) is 21.1 Å². The summed E-state index contributed by atoms with van der Waals surface area (Å²) in [4.78, 5) is 30.1. The topological polar surface area (TPSA) is 77.8 Å². The minimum atomic E-state index is -0.257. The summed E-state index contributed by atoms with van der Waals surface area (Å²) >= 11 is 1.53. The summed E-state index contributed by atoms with van der Waals surface area (Å²) in [5.74, 6) is -0.0736. The van der Waals surface area contributed by atoms with Crippen molar-refractivity contribution in [1.82, 2.24) is 9.97 Å². The second-order valence-corrected chi connectivity index (χ2v) is 7.25. The minimum absolute atomic E-state index is 0.0736. The molecular weight excluding hydrogens is 322 g/mol. The molecule has 1 heterocycles. The summed E-state index contributed by atoms with van der Waals surface area (Å²) in [5.41, 5.74) is 4.25.